The molecule has 242 valence electrons. The van der Waals surface area contributed by atoms with Crippen molar-refractivity contribution >= 4 is 34.8 Å². The third-order valence-corrected chi connectivity index (χ3v) is 8.35. The van der Waals surface area contributed by atoms with Crippen molar-refractivity contribution in [1.29, 1.82) is 0 Å². The number of esters is 1. The third kappa shape index (κ3) is 7.46. The van der Waals surface area contributed by atoms with E-state index in [0.29, 0.717) is 18.7 Å². The van der Waals surface area contributed by atoms with E-state index in [1.54, 1.807) is 32.4 Å². The normalized spacial score (nSPS) is 16.0. The second kappa shape index (κ2) is 15.0. The van der Waals surface area contributed by atoms with Gasteiger partial charge in [0.25, 0.3) is 0 Å². The lowest BCUT2D eigenvalue weighted by Gasteiger charge is -2.32. The lowest BCUT2D eigenvalue weighted by Crippen LogP contribution is -2.55. The van der Waals surface area contributed by atoms with Crippen LogP contribution >= 0.6 is 0 Å². The van der Waals surface area contributed by atoms with Crippen LogP contribution in [0.4, 0.5) is 4.79 Å². The van der Waals surface area contributed by atoms with E-state index in [1.165, 1.54) is 11.9 Å². The van der Waals surface area contributed by atoms with E-state index in [0.717, 1.165) is 47.8 Å². The minimum Gasteiger partial charge on any atom is -0.462 e. The highest BCUT2D eigenvalue weighted by molar-refractivity contribution is 6.05. The number of carbonyl (C=O) groups excluding carboxylic acids is 4. The summed E-state index contributed by atoms with van der Waals surface area (Å²) in [6.07, 6.45) is 7.88. The Balaban J connectivity index is 1.54. The molecule has 1 aromatic carbocycles. The summed E-state index contributed by atoms with van der Waals surface area (Å²) >= 11 is 0. The second-order valence-corrected chi connectivity index (χ2v) is 11.8. The molecule has 2 aromatic heterocycles. The van der Waals surface area contributed by atoms with Crippen LogP contribution in [0.15, 0.2) is 48.9 Å². The number of amides is 3. The number of rotatable bonds is 12. The highest BCUT2D eigenvalue weighted by atomic mass is 16.6. The lowest BCUT2D eigenvalue weighted by atomic mass is 10.00. The second-order valence-electron chi connectivity index (χ2n) is 11.8. The third-order valence-electron chi connectivity index (χ3n) is 8.35. The number of carbonyl (C=O) groups is 4. The van der Waals surface area contributed by atoms with Gasteiger partial charge in [-0.2, -0.15) is 0 Å². The fraction of sp³-hybridized carbons (Fsp3) is 0.500. The van der Waals surface area contributed by atoms with Crippen LogP contribution in [0.1, 0.15) is 82.3 Å². The highest BCUT2D eigenvalue weighted by Crippen LogP contribution is 2.34. The maximum Gasteiger partial charge on any atom is 0.410 e. The molecule has 45 heavy (non-hydrogen) atoms. The molecule has 3 atom stereocenters. The Labute approximate surface area is 264 Å². The summed E-state index contributed by atoms with van der Waals surface area (Å²) in [6, 6.07) is 7.79. The van der Waals surface area contributed by atoms with Gasteiger partial charge in [-0.25, -0.2) is 9.59 Å². The molecule has 11 heteroatoms. The summed E-state index contributed by atoms with van der Waals surface area (Å²) in [5, 5.41) is 3.69. The molecule has 0 spiro atoms. The number of likely N-dealkylation sites (tertiary alicyclic amines) is 1. The van der Waals surface area contributed by atoms with E-state index >= 15 is 0 Å². The average Bonchev–Trinajstić information content (AvgIpc) is 3.68. The summed E-state index contributed by atoms with van der Waals surface area (Å²) in [5.74, 6) is -1.18. The number of aromatic nitrogens is 2. The van der Waals surface area contributed by atoms with Crippen molar-refractivity contribution in [3.05, 3.63) is 60.0 Å². The van der Waals surface area contributed by atoms with E-state index in [1.807, 2.05) is 60.6 Å². The number of fused-ring (bicyclic) bond motifs is 1. The van der Waals surface area contributed by atoms with Crippen LogP contribution in [0, 0.1) is 5.92 Å². The van der Waals surface area contributed by atoms with E-state index in [4.69, 9.17) is 9.47 Å². The van der Waals surface area contributed by atoms with Crippen LogP contribution in [-0.2, 0) is 19.1 Å². The van der Waals surface area contributed by atoms with Gasteiger partial charge in [-0.1, -0.05) is 45.4 Å². The number of hydrogen-bond acceptors (Lipinski definition) is 7. The van der Waals surface area contributed by atoms with Crippen LogP contribution in [0.5, 0.6) is 0 Å². The smallest absolute Gasteiger partial charge is 0.410 e. The first-order valence-electron chi connectivity index (χ1n) is 15.8. The molecule has 0 unspecified atom stereocenters. The Bertz CT molecular complexity index is 1520. The number of unbranched alkanes of at least 4 members (excludes halogenated alkanes) is 1. The Morgan fingerprint density at radius 3 is 2.56 bits per heavy atom. The number of benzene rings is 1. The van der Waals surface area contributed by atoms with Gasteiger partial charge in [-0.05, 0) is 56.7 Å². The van der Waals surface area contributed by atoms with Gasteiger partial charge in [-0.3, -0.25) is 19.5 Å². The van der Waals surface area contributed by atoms with Crippen LogP contribution in [-0.4, -0.2) is 82.1 Å². The molecule has 1 N–H and O–H groups in total. The van der Waals surface area contributed by atoms with Gasteiger partial charge in [-0.15, -0.1) is 0 Å². The van der Waals surface area contributed by atoms with E-state index in [-0.39, 0.29) is 30.4 Å². The van der Waals surface area contributed by atoms with Crippen LogP contribution in [0.2, 0.25) is 0 Å². The summed E-state index contributed by atoms with van der Waals surface area (Å²) in [6.45, 7) is 10.3. The van der Waals surface area contributed by atoms with Crippen LogP contribution < -0.4 is 5.32 Å². The van der Waals surface area contributed by atoms with Crippen molar-refractivity contribution in [3.63, 3.8) is 0 Å². The highest BCUT2D eigenvalue weighted by Gasteiger charge is 2.37. The van der Waals surface area contributed by atoms with Crippen molar-refractivity contribution in [2.75, 3.05) is 26.8 Å². The summed E-state index contributed by atoms with van der Waals surface area (Å²) in [4.78, 5) is 59.9. The van der Waals surface area contributed by atoms with E-state index < -0.39 is 24.1 Å². The van der Waals surface area contributed by atoms with Crippen molar-refractivity contribution < 1.29 is 28.7 Å². The minimum atomic E-state index is -0.820. The van der Waals surface area contributed by atoms with E-state index in [9.17, 15) is 19.2 Å². The van der Waals surface area contributed by atoms with Gasteiger partial charge in [0.1, 0.15) is 12.1 Å². The zero-order valence-corrected chi connectivity index (χ0v) is 27.1. The first kappa shape index (κ1) is 33.5. The number of likely N-dealkylation sites (N-methyl/N-ethyl adjacent to an activating group) is 1. The number of para-hydroxylation sites is 1. The SMILES string of the molecule is CCCCOC(=O)N(C)[C@@H](C)C(=O)N[C@H](C(=O)N1CCC[C@H]1c1cncc(-n2cc(C(=O)OCC)c3ccccc32)c1)C(C)C. The quantitative estimate of drug-likeness (QED) is 0.217. The van der Waals surface area contributed by atoms with Gasteiger partial charge in [0, 0.05) is 31.4 Å². The maximum absolute atomic E-state index is 14.0. The van der Waals surface area contributed by atoms with Gasteiger partial charge in [0.2, 0.25) is 11.8 Å². The molecule has 0 aliphatic carbocycles. The fourth-order valence-corrected chi connectivity index (χ4v) is 5.61. The number of hydrogen-bond donors (Lipinski definition) is 1. The van der Waals surface area contributed by atoms with E-state index in [2.05, 4.69) is 10.3 Å². The predicted molar refractivity (Wildman–Crippen MR) is 171 cm³/mol. The minimum absolute atomic E-state index is 0.178. The molecular weight excluding hydrogens is 574 g/mol. The summed E-state index contributed by atoms with van der Waals surface area (Å²) < 4.78 is 12.5. The molecule has 0 radical (unpaired) electrons. The number of nitrogens with zero attached hydrogens (tertiary/aromatic N) is 4. The number of ether oxygens (including phenoxy) is 2. The summed E-state index contributed by atoms with van der Waals surface area (Å²) in [5.41, 5.74) is 2.94. The molecule has 1 fully saturated rings. The molecule has 1 aliphatic rings. The topological polar surface area (TPSA) is 123 Å². The zero-order valence-electron chi connectivity index (χ0n) is 27.1. The maximum atomic E-state index is 14.0. The molecule has 3 aromatic rings. The fourth-order valence-electron chi connectivity index (χ4n) is 5.61. The standard InChI is InChI=1S/C34H45N5O6/c1-7-9-17-45-34(43)37(6)23(5)31(40)36-30(22(3)4)32(41)38-16-12-15-28(38)24-18-25(20-35-19-24)39-21-27(33(42)44-8-2)26-13-10-11-14-29(26)39/h10-11,13-14,18-23,28,30H,7-9,12,15-17H2,1-6H3,(H,36,40)/t23-,28-,30-/m0/s1. The Hall–Kier alpha value is -4.41. The molecule has 3 amide bonds. The van der Waals surface area contributed by atoms with Crippen molar-refractivity contribution in [2.45, 2.75) is 78.4 Å². The Morgan fingerprint density at radius 1 is 1.09 bits per heavy atom. The number of pyridine rings is 1. The molecule has 11 nitrogen and oxygen atoms in total. The summed E-state index contributed by atoms with van der Waals surface area (Å²) in [7, 11) is 1.52. The molecule has 1 saturated heterocycles. The van der Waals surface area contributed by atoms with Crippen molar-refractivity contribution in [2.24, 2.45) is 5.92 Å². The average molecular weight is 620 g/mol. The Kier molecular flexibility index (Phi) is 11.2. The van der Waals surface area contributed by atoms with Crippen molar-refractivity contribution in [3.8, 4) is 5.69 Å². The Morgan fingerprint density at radius 2 is 1.84 bits per heavy atom. The lowest BCUT2D eigenvalue weighted by molar-refractivity contribution is -0.139. The van der Waals surface area contributed by atoms with Crippen LogP contribution in [0.25, 0.3) is 16.6 Å². The molecule has 0 bridgehead atoms. The van der Waals surface area contributed by atoms with Gasteiger partial charge < -0.3 is 24.3 Å². The molecular formula is C34H45N5O6. The monoisotopic (exact) mass is 619 g/mol. The largest absolute Gasteiger partial charge is 0.462 e. The molecule has 4 rings (SSSR count). The molecule has 3 heterocycles. The van der Waals surface area contributed by atoms with Gasteiger partial charge >= 0.3 is 12.1 Å². The molecule has 1 aliphatic heterocycles. The first-order valence-corrected chi connectivity index (χ1v) is 15.8. The first-order chi connectivity index (χ1) is 21.6. The van der Waals surface area contributed by atoms with Crippen LogP contribution in [0.3, 0.4) is 0 Å². The number of nitrogens with one attached hydrogen (secondary N) is 1. The zero-order chi connectivity index (χ0) is 32.7. The molecule has 0 saturated carbocycles. The van der Waals surface area contributed by atoms with Crippen molar-refractivity contribution in [1.82, 2.24) is 24.7 Å². The van der Waals surface area contributed by atoms with Gasteiger partial charge in [0.15, 0.2) is 0 Å². The predicted octanol–water partition coefficient (Wildman–Crippen LogP) is 5.26. The van der Waals surface area contributed by atoms with Gasteiger partial charge in [0.05, 0.1) is 42.2 Å².